The fourth-order valence-corrected chi connectivity index (χ4v) is 3.58. The van der Waals surface area contributed by atoms with E-state index in [4.69, 9.17) is 5.84 Å². The normalized spacial score (nSPS) is 12.8. The number of hydrogen-bond donors (Lipinski definition) is 1. The van der Waals surface area contributed by atoms with Crippen molar-refractivity contribution in [2.75, 3.05) is 6.67 Å². The molecule has 0 aromatic heterocycles. The molecule has 0 radical (unpaired) electrons. The van der Waals surface area contributed by atoms with E-state index in [0.717, 1.165) is 17.7 Å². The molecule has 12 heteroatoms. The minimum absolute atomic E-state index is 0.0559. The fraction of sp³-hybridized carbons (Fsp3) is 0.130. The number of carbonyl (C=O) groups excluding carboxylic acids is 1. The molecule has 1 aliphatic rings. The maximum absolute atomic E-state index is 12.3. The third-order valence-electron chi connectivity index (χ3n) is 4.78. The van der Waals surface area contributed by atoms with Crippen molar-refractivity contribution < 1.29 is 22.9 Å². The average Bonchev–Trinajstić information content (AvgIpc) is 3.23. The van der Waals surface area contributed by atoms with Crippen LogP contribution in [0.1, 0.15) is 27.0 Å². The highest BCUT2D eigenvalue weighted by atomic mass is 79.9. The van der Waals surface area contributed by atoms with Gasteiger partial charge in [0, 0.05) is 17.2 Å². The quantitative estimate of drug-likeness (QED) is 0.203. The number of nitro benzene ring substituents is 1. The first-order valence-corrected chi connectivity index (χ1v) is 10.8. The predicted molar refractivity (Wildman–Crippen MR) is 127 cm³/mol. The van der Waals surface area contributed by atoms with Crippen LogP contribution in [-0.2, 0) is 12.7 Å². The zero-order valence-electron chi connectivity index (χ0n) is 18.0. The van der Waals surface area contributed by atoms with Gasteiger partial charge in [0.1, 0.15) is 13.0 Å². The summed E-state index contributed by atoms with van der Waals surface area (Å²) in [6, 6.07) is 18.0. The summed E-state index contributed by atoms with van der Waals surface area (Å²) in [6.07, 6.45) is -2.83. The summed E-state index contributed by atoms with van der Waals surface area (Å²) in [5.74, 6) is 5.29. The molecule has 0 saturated heterocycles. The van der Waals surface area contributed by atoms with Crippen molar-refractivity contribution in [2.45, 2.75) is 12.7 Å². The van der Waals surface area contributed by atoms with E-state index in [-0.39, 0.29) is 11.5 Å². The van der Waals surface area contributed by atoms with Gasteiger partial charge in [-0.1, -0.05) is 42.5 Å². The summed E-state index contributed by atoms with van der Waals surface area (Å²) in [5.41, 5.74) is 1.02. The van der Waals surface area contributed by atoms with E-state index in [2.05, 4.69) is 21.0 Å². The van der Waals surface area contributed by atoms with Gasteiger partial charge < -0.3 is 0 Å². The number of hydrazone groups is 1. The van der Waals surface area contributed by atoms with Crippen LogP contribution >= 0.6 is 15.9 Å². The average molecular weight is 550 g/mol. The number of hydrogen-bond acceptors (Lipinski definition) is 7. The van der Waals surface area contributed by atoms with E-state index < -0.39 is 16.7 Å². The van der Waals surface area contributed by atoms with Crippen LogP contribution in [0.4, 0.5) is 18.9 Å². The van der Waals surface area contributed by atoms with E-state index in [0.29, 0.717) is 28.8 Å². The molecular weight excluding hydrogens is 531 g/mol. The number of nitro groups is 1. The molecule has 0 aliphatic carbocycles. The summed E-state index contributed by atoms with van der Waals surface area (Å²) in [4.78, 5) is 22.3. The Balaban J connectivity index is 0.000000196. The van der Waals surface area contributed by atoms with Crippen LogP contribution in [0.5, 0.6) is 0 Å². The van der Waals surface area contributed by atoms with Crippen LogP contribution in [0.25, 0.3) is 0 Å². The molecule has 8 nitrogen and oxygen atoms in total. The first-order valence-electron chi connectivity index (χ1n) is 10.0. The molecule has 0 atom stereocenters. The second-order valence-corrected chi connectivity index (χ2v) is 8.22. The van der Waals surface area contributed by atoms with Crippen molar-refractivity contribution in [1.82, 2.24) is 10.0 Å². The lowest BCUT2D eigenvalue weighted by molar-refractivity contribution is -0.385. The van der Waals surface area contributed by atoms with E-state index in [9.17, 15) is 28.1 Å². The first-order chi connectivity index (χ1) is 16.5. The Kier molecular flexibility index (Phi) is 8.20. The summed E-state index contributed by atoms with van der Waals surface area (Å²) in [7, 11) is 0. The molecule has 1 aliphatic heterocycles. The van der Waals surface area contributed by atoms with Crippen LogP contribution < -0.4 is 5.84 Å². The fourth-order valence-electron chi connectivity index (χ4n) is 3.05. The monoisotopic (exact) mass is 549 g/mol. The zero-order valence-corrected chi connectivity index (χ0v) is 19.6. The van der Waals surface area contributed by atoms with Crippen LogP contribution in [0.3, 0.4) is 0 Å². The molecular formula is C23H19BrF3N5O3. The predicted octanol–water partition coefficient (Wildman–Crippen LogP) is 5.19. The highest BCUT2D eigenvalue weighted by Crippen LogP contribution is 2.29. The summed E-state index contributed by atoms with van der Waals surface area (Å²) >= 11 is 3.09. The third-order valence-corrected chi connectivity index (χ3v) is 5.41. The van der Waals surface area contributed by atoms with E-state index >= 15 is 0 Å². The lowest BCUT2D eigenvalue weighted by Crippen LogP contribution is -2.31. The number of ketones is 1. The molecule has 0 fully saturated rings. The maximum atomic E-state index is 12.3. The van der Waals surface area contributed by atoms with Gasteiger partial charge in [-0.3, -0.25) is 24.9 Å². The van der Waals surface area contributed by atoms with Gasteiger partial charge in [0.15, 0.2) is 5.78 Å². The number of hydrazine groups is 1. The molecule has 0 bridgehead atoms. The molecule has 3 aromatic carbocycles. The van der Waals surface area contributed by atoms with Gasteiger partial charge in [-0.2, -0.15) is 18.3 Å². The highest BCUT2D eigenvalue weighted by molar-refractivity contribution is 9.10. The van der Waals surface area contributed by atoms with Gasteiger partial charge >= 0.3 is 6.18 Å². The number of rotatable bonds is 5. The van der Waals surface area contributed by atoms with Crippen molar-refractivity contribution in [2.24, 2.45) is 10.9 Å². The van der Waals surface area contributed by atoms with Crippen LogP contribution in [0.15, 0.2) is 82.4 Å². The first kappa shape index (κ1) is 25.8. The minimum atomic E-state index is -4.29. The summed E-state index contributed by atoms with van der Waals surface area (Å²) in [6.45, 7) is 0.864. The van der Waals surface area contributed by atoms with Gasteiger partial charge in [-0.25, -0.2) is 5.84 Å². The lowest BCUT2D eigenvalue weighted by Gasteiger charge is -2.15. The van der Waals surface area contributed by atoms with E-state index in [1.165, 1.54) is 41.7 Å². The zero-order chi connectivity index (χ0) is 25.6. The van der Waals surface area contributed by atoms with E-state index in [1.54, 1.807) is 29.3 Å². The van der Waals surface area contributed by atoms with Gasteiger partial charge in [-0.15, -0.1) is 0 Å². The van der Waals surface area contributed by atoms with E-state index in [1.807, 2.05) is 6.07 Å². The van der Waals surface area contributed by atoms with Gasteiger partial charge in [0.05, 0.1) is 21.5 Å². The molecule has 0 unspecified atom stereocenters. The number of halogens is 4. The summed E-state index contributed by atoms with van der Waals surface area (Å²) in [5, 5.41) is 17.7. The Morgan fingerprint density at radius 1 is 1.06 bits per heavy atom. The SMILES string of the molecule is NN1C=NN(Cc2ccc(C(F)(F)F)cc2)C1.O=C(c1ccccc1)c1ccc([N+](=O)[O-])c(Br)c1. The van der Waals surface area contributed by atoms with Crippen molar-refractivity contribution in [1.29, 1.82) is 0 Å². The molecule has 0 saturated carbocycles. The molecule has 3 aromatic rings. The Morgan fingerprint density at radius 2 is 1.71 bits per heavy atom. The molecule has 0 spiro atoms. The largest absolute Gasteiger partial charge is 0.416 e. The number of carbonyl (C=O) groups is 1. The smallest absolute Gasteiger partial charge is 0.289 e. The summed E-state index contributed by atoms with van der Waals surface area (Å²) < 4.78 is 37.3. The Labute approximate surface area is 206 Å². The van der Waals surface area contributed by atoms with Crippen molar-refractivity contribution in [3.63, 3.8) is 0 Å². The molecule has 182 valence electrons. The highest BCUT2D eigenvalue weighted by Gasteiger charge is 2.30. The number of alkyl halides is 3. The van der Waals surface area contributed by atoms with Crippen LogP contribution in [0, 0.1) is 10.1 Å². The number of nitrogens with two attached hydrogens (primary N) is 1. The molecule has 4 rings (SSSR count). The number of nitrogens with zero attached hydrogens (tertiary/aromatic N) is 4. The minimum Gasteiger partial charge on any atom is -0.289 e. The molecule has 2 N–H and O–H groups in total. The Bertz CT molecular complexity index is 1220. The second-order valence-electron chi connectivity index (χ2n) is 7.36. The third kappa shape index (κ3) is 7.11. The van der Waals surface area contributed by atoms with Crippen molar-refractivity contribution in [3.05, 3.63) is 110 Å². The topological polar surface area (TPSA) is 105 Å². The Morgan fingerprint density at radius 3 is 2.23 bits per heavy atom. The lowest BCUT2D eigenvalue weighted by atomic mass is 10.0. The van der Waals surface area contributed by atoms with Crippen molar-refractivity contribution in [3.8, 4) is 0 Å². The van der Waals surface area contributed by atoms with Crippen LogP contribution in [-0.4, -0.2) is 33.7 Å². The molecule has 0 amide bonds. The molecule has 1 heterocycles. The maximum Gasteiger partial charge on any atom is 0.416 e. The molecule has 35 heavy (non-hydrogen) atoms. The van der Waals surface area contributed by atoms with Gasteiger partial charge in [0.25, 0.3) is 5.69 Å². The van der Waals surface area contributed by atoms with Crippen LogP contribution in [0.2, 0.25) is 0 Å². The number of benzene rings is 3. The Hall–Kier alpha value is -3.77. The van der Waals surface area contributed by atoms with Gasteiger partial charge in [0.2, 0.25) is 0 Å². The van der Waals surface area contributed by atoms with Crippen molar-refractivity contribution >= 4 is 33.7 Å². The standard InChI is InChI=1S/C13H8BrNO3.C10H11F3N4/c14-11-8-10(6-7-12(11)15(17)18)13(16)9-4-2-1-3-5-9;11-10(12,13)9-3-1-8(2-4-9)5-17-7-16(14)6-15-17/h1-8H;1-4,6H,5,7,14H2. The van der Waals surface area contributed by atoms with Gasteiger partial charge in [-0.05, 0) is 45.8 Å². The second kappa shape index (κ2) is 11.1.